The summed E-state index contributed by atoms with van der Waals surface area (Å²) in [5.41, 5.74) is 1.81. The average Bonchev–Trinajstić information content (AvgIpc) is 2.71. The fraction of sp³-hybridized carbons (Fsp3) is 0.636. The van der Waals surface area contributed by atoms with E-state index >= 15 is 0 Å². The van der Waals surface area contributed by atoms with Crippen molar-refractivity contribution in [2.24, 2.45) is 10.9 Å². The van der Waals surface area contributed by atoms with Gasteiger partial charge in [0.15, 0.2) is 5.96 Å². The van der Waals surface area contributed by atoms with Crippen LogP contribution in [0.1, 0.15) is 36.7 Å². The van der Waals surface area contributed by atoms with Gasteiger partial charge in [-0.05, 0) is 37.0 Å². The Kier molecular flexibility index (Phi) is 13.0. The first-order valence-corrected chi connectivity index (χ1v) is 10.7. The van der Waals surface area contributed by atoms with Crippen molar-refractivity contribution in [1.29, 1.82) is 0 Å². The molecule has 8 heteroatoms. The summed E-state index contributed by atoms with van der Waals surface area (Å²) in [5.74, 6) is 1.41. The van der Waals surface area contributed by atoms with Gasteiger partial charge in [-0.3, -0.25) is 14.7 Å². The van der Waals surface area contributed by atoms with Crippen molar-refractivity contribution in [1.82, 2.24) is 20.9 Å². The molecule has 170 valence electrons. The number of aliphatic imine (C=N–C) groups is 1. The van der Waals surface area contributed by atoms with Crippen LogP contribution in [0.4, 0.5) is 0 Å². The molecule has 0 saturated carbocycles. The number of carbonyl (C=O) groups excluding carboxylic acids is 1. The fourth-order valence-electron chi connectivity index (χ4n) is 3.45. The van der Waals surface area contributed by atoms with Crippen molar-refractivity contribution in [3.8, 4) is 0 Å². The number of guanidine groups is 1. The molecule has 2 rings (SSSR count). The van der Waals surface area contributed by atoms with Crippen LogP contribution < -0.4 is 16.0 Å². The van der Waals surface area contributed by atoms with Gasteiger partial charge in [-0.25, -0.2) is 0 Å². The van der Waals surface area contributed by atoms with E-state index < -0.39 is 0 Å². The number of amides is 1. The van der Waals surface area contributed by atoms with E-state index in [4.69, 9.17) is 9.73 Å². The van der Waals surface area contributed by atoms with Crippen LogP contribution in [0, 0.1) is 5.92 Å². The minimum Gasteiger partial charge on any atom is -0.374 e. The molecule has 1 aliphatic heterocycles. The van der Waals surface area contributed by atoms with Crippen LogP contribution in [0.25, 0.3) is 0 Å². The third kappa shape index (κ3) is 9.61. The summed E-state index contributed by atoms with van der Waals surface area (Å²) in [5, 5.41) is 9.34. The molecule has 1 aromatic carbocycles. The standard InChI is InChI=1S/C22H37N5O2.HI/c1-5-24-22(26-14-20-16-27(11-12-29-20)15-17(2)3)25-10-9-18-7-6-8-19(13-18)21(28)23-4;/h6-8,13,17,20H,5,9-12,14-16H2,1-4H3,(H,23,28)(H2,24,25,26);1H. The van der Waals surface area contributed by atoms with Crippen molar-refractivity contribution < 1.29 is 9.53 Å². The van der Waals surface area contributed by atoms with Gasteiger partial charge in [0.05, 0.1) is 19.3 Å². The Bertz CT molecular complexity index is 669. The highest BCUT2D eigenvalue weighted by atomic mass is 127. The summed E-state index contributed by atoms with van der Waals surface area (Å²) in [4.78, 5) is 19.0. The molecule has 30 heavy (non-hydrogen) atoms. The van der Waals surface area contributed by atoms with Crippen LogP contribution in [-0.2, 0) is 11.2 Å². The van der Waals surface area contributed by atoms with Gasteiger partial charge in [0, 0.05) is 45.3 Å². The van der Waals surface area contributed by atoms with E-state index in [0.29, 0.717) is 18.0 Å². The summed E-state index contributed by atoms with van der Waals surface area (Å²) in [6.07, 6.45) is 0.958. The number of rotatable bonds is 9. The first-order chi connectivity index (χ1) is 14.0. The van der Waals surface area contributed by atoms with Gasteiger partial charge in [-0.2, -0.15) is 0 Å². The lowest BCUT2D eigenvalue weighted by Crippen LogP contribution is -2.46. The van der Waals surface area contributed by atoms with E-state index in [1.807, 2.05) is 24.3 Å². The predicted molar refractivity (Wildman–Crippen MR) is 134 cm³/mol. The first kappa shape index (κ1) is 26.6. The number of halogens is 1. The summed E-state index contributed by atoms with van der Waals surface area (Å²) in [7, 11) is 1.65. The van der Waals surface area contributed by atoms with Gasteiger partial charge in [0.1, 0.15) is 0 Å². The van der Waals surface area contributed by atoms with Gasteiger partial charge in [-0.15, -0.1) is 24.0 Å². The van der Waals surface area contributed by atoms with Crippen LogP contribution >= 0.6 is 24.0 Å². The molecule has 0 bridgehead atoms. The molecule has 1 atom stereocenters. The second-order valence-corrected chi connectivity index (χ2v) is 7.82. The van der Waals surface area contributed by atoms with Crippen molar-refractivity contribution in [2.75, 3.05) is 52.9 Å². The molecule has 1 saturated heterocycles. The number of hydrogen-bond donors (Lipinski definition) is 3. The zero-order valence-corrected chi connectivity index (χ0v) is 21.1. The third-order valence-electron chi connectivity index (χ3n) is 4.77. The minimum absolute atomic E-state index is 0. The van der Waals surface area contributed by atoms with Gasteiger partial charge < -0.3 is 20.7 Å². The number of carbonyl (C=O) groups is 1. The molecule has 0 radical (unpaired) electrons. The molecule has 1 aliphatic rings. The van der Waals surface area contributed by atoms with Crippen LogP contribution in [0.2, 0.25) is 0 Å². The van der Waals surface area contributed by atoms with Crippen LogP contribution in [0.5, 0.6) is 0 Å². The molecule has 0 aliphatic carbocycles. The molecular weight excluding hydrogens is 493 g/mol. The lowest BCUT2D eigenvalue weighted by atomic mass is 10.1. The molecule has 3 N–H and O–H groups in total. The minimum atomic E-state index is -0.0614. The Hall–Kier alpha value is -1.39. The van der Waals surface area contributed by atoms with E-state index in [1.54, 1.807) is 7.05 Å². The monoisotopic (exact) mass is 531 g/mol. The number of ether oxygens (including phenoxy) is 1. The SMILES string of the molecule is CCNC(=NCC1CN(CC(C)C)CCO1)NCCc1cccc(C(=O)NC)c1.I. The predicted octanol–water partition coefficient (Wildman–Crippen LogP) is 2.12. The molecule has 1 unspecified atom stereocenters. The molecule has 1 amide bonds. The van der Waals surface area contributed by atoms with Crippen LogP contribution in [0.15, 0.2) is 29.3 Å². The quantitative estimate of drug-likeness (QED) is 0.259. The van der Waals surface area contributed by atoms with Gasteiger partial charge in [0.25, 0.3) is 5.91 Å². The zero-order chi connectivity index (χ0) is 21.1. The smallest absolute Gasteiger partial charge is 0.251 e. The molecule has 1 fully saturated rings. The summed E-state index contributed by atoms with van der Waals surface area (Å²) >= 11 is 0. The maximum Gasteiger partial charge on any atom is 0.251 e. The third-order valence-corrected chi connectivity index (χ3v) is 4.77. The highest BCUT2D eigenvalue weighted by Gasteiger charge is 2.20. The Morgan fingerprint density at radius 3 is 2.83 bits per heavy atom. The highest BCUT2D eigenvalue weighted by molar-refractivity contribution is 14.0. The number of nitrogens with zero attached hydrogens (tertiary/aromatic N) is 2. The van der Waals surface area contributed by atoms with Gasteiger partial charge >= 0.3 is 0 Å². The Labute approximate surface area is 198 Å². The van der Waals surface area contributed by atoms with Gasteiger partial charge in [0.2, 0.25) is 0 Å². The molecule has 1 heterocycles. The zero-order valence-electron chi connectivity index (χ0n) is 18.7. The molecule has 1 aromatic rings. The topological polar surface area (TPSA) is 78.0 Å². The second-order valence-electron chi connectivity index (χ2n) is 7.82. The molecule has 7 nitrogen and oxygen atoms in total. The Balaban J connectivity index is 0.00000450. The van der Waals surface area contributed by atoms with Crippen molar-refractivity contribution >= 4 is 35.8 Å². The average molecular weight is 531 g/mol. The maximum atomic E-state index is 11.8. The molecular formula is C22H38IN5O2. The molecule has 0 spiro atoms. The molecule has 0 aromatic heterocycles. The lowest BCUT2D eigenvalue weighted by Gasteiger charge is -2.33. The summed E-state index contributed by atoms with van der Waals surface area (Å²) < 4.78 is 5.90. The first-order valence-electron chi connectivity index (χ1n) is 10.7. The summed E-state index contributed by atoms with van der Waals surface area (Å²) in [6.45, 7) is 12.6. The van der Waals surface area contributed by atoms with E-state index in [2.05, 4.69) is 41.6 Å². The van der Waals surface area contributed by atoms with Gasteiger partial charge in [-0.1, -0.05) is 26.0 Å². The fourth-order valence-corrected chi connectivity index (χ4v) is 3.45. The van der Waals surface area contributed by atoms with E-state index in [0.717, 1.165) is 57.3 Å². The van der Waals surface area contributed by atoms with E-state index in [9.17, 15) is 4.79 Å². The van der Waals surface area contributed by atoms with Crippen molar-refractivity contribution in [3.63, 3.8) is 0 Å². The lowest BCUT2D eigenvalue weighted by molar-refractivity contribution is -0.0261. The van der Waals surface area contributed by atoms with Crippen molar-refractivity contribution in [3.05, 3.63) is 35.4 Å². The Morgan fingerprint density at radius 2 is 2.13 bits per heavy atom. The summed E-state index contributed by atoms with van der Waals surface area (Å²) in [6, 6.07) is 7.72. The van der Waals surface area contributed by atoms with Crippen LogP contribution in [-0.4, -0.2) is 75.8 Å². The van der Waals surface area contributed by atoms with E-state index in [-0.39, 0.29) is 36.0 Å². The number of nitrogens with one attached hydrogen (secondary N) is 3. The van der Waals surface area contributed by atoms with E-state index in [1.165, 1.54) is 0 Å². The van der Waals surface area contributed by atoms with Crippen LogP contribution in [0.3, 0.4) is 0 Å². The normalized spacial score (nSPS) is 17.4. The maximum absolute atomic E-state index is 11.8. The number of morpholine rings is 1. The highest BCUT2D eigenvalue weighted by Crippen LogP contribution is 2.08. The second kappa shape index (κ2) is 14.6. The largest absolute Gasteiger partial charge is 0.374 e. The number of hydrogen-bond acceptors (Lipinski definition) is 4. The van der Waals surface area contributed by atoms with Crippen molar-refractivity contribution in [2.45, 2.75) is 33.3 Å². The number of benzene rings is 1. The Morgan fingerprint density at radius 1 is 1.33 bits per heavy atom.